The van der Waals surface area contributed by atoms with Crippen LogP contribution in [0.2, 0.25) is 0 Å². The molecule has 0 unspecified atom stereocenters. The molecule has 1 aliphatic rings. The lowest BCUT2D eigenvalue weighted by Crippen LogP contribution is -2.34. The van der Waals surface area contributed by atoms with Gasteiger partial charge in [0.1, 0.15) is 16.9 Å². The minimum absolute atomic E-state index is 0.00634. The number of hydrogen-bond donors (Lipinski definition) is 2. The van der Waals surface area contributed by atoms with Crippen molar-refractivity contribution >= 4 is 35.2 Å². The molecule has 1 heterocycles. The van der Waals surface area contributed by atoms with Gasteiger partial charge in [-0.15, -0.1) is 11.8 Å². The number of carbonyl (C=O) groups excluding carboxylic acids is 3. The SMILES string of the molecule is COc1ccc(CCNC(=O)C[C@H]2S[C@@H](c3ccc(C#Cc4ccccc4)cc3)N(c3cccc(C(N)=O)c3)C2=O)c(OC)c1. The van der Waals surface area contributed by atoms with Crippen molar-refractivity contribution in [3.63, 3.8) is 0 Å². The van der Waals surface area contributed by atoms with Crippen LogP contribution >= 0.6 is 11.8 Å². The van der Waals surface area contributed by atoms with Gasteiger partial charge >= 0.3 is 0 Å². The molecule has 5 rings (SSSR count). The van der Waals surface area contributed by atoms with Gasteiger partial charge in [-0.25, -0.2) is 0 Å². The third-order valence-corrected chi connectivity index (χ3v) is 8.79. The Bertz CT molecular complexity index is 1750. The molecule has 228 valence electrons. The average Bonchev–Trinajstić information content (AvgIpc) is 3.39. The summed E-state index contributed by atoms with van der Waals surface area (Å²) >= 11 is 1.40. The molecule has 4 aromatic rings. The van der Waals surface area contributed by atoms with Crippen molar-refractivity contribution < 1.29 is 23.9 Å². The van der Waals surface area contributed by atoms with Crippen LogP contribution in [0.5, 0.6) is 11.5 Å². The Kier molecular flexibility index (Phi) is 10.1. The molecule has 1 aliphatic heterocycles. The summed E-state index contributed by atoms with van der Waals surface area (Å²) < 4.78 is 10.7. The van der Waals surface area contributed by atoms with Gasteiger partial charge in [-0.1, -0.05) is 54.3 Å². The molecule has 45 heavy (non-hydrogen) atoms. The van der Waals surface area contributed by atoms with E-state index in [9.17, 15) is 14.4 Å². The van der Waals surface area contributed by atoms with Crippen LogP contribution < -0.4 is 25.4 Å². The monoisotopic (exact) mass is 619 g/mol. The van der Waals surface area contributed by atoms with Crippen LogP contribution in [0.25, 0.3) is 0 Å². The lowest BCUT2D eigenvalue weighted by Gasteiger charge is -2.24. The molecular formula is C36H33N3O5S. The number of primary amides is 1. The fourth-order valence-electron chi connectivity index (χ4n) is 5.01. The standard InChI is InChI=1S/C36H33N3O5S/c1-43-30-18-17-26(31(22-30)44-2)19-20-38-33(40)23-32-35(42)39(29-10-6-9-28(21-29)34(37)41)36(45-32)27-15-13-25(14-16-27)12-11-24-7-4-3-5-8-24/h3-10,13-18,21-22,32,36H,19-20,23H2,1-2H3,(H2,37,41)(H,38,40)/t32-,36+/m1/s1. The Morgan fingerprint density at radius 3 is 2.31 bits per heavy atom. The molecule has 3 N–H and O–H groups in total. The van der Waals surface area contributed by atoms with E-state index in [2.05, 4.69) is 17.2 Å². The van der Waals surface area contributed by atoms with Crippen LogP contribution in [0.3, 0.4) is 0 Å². The Morgan fingerprint density at radius 2 is 1.62 bits per heavy atom. The van der Waals surface area contributed by atoms with Crippen molar-refractivity contribution in [2.75, 3.05) is 25.7 Å². The van der Waals surface area contributed by atoms with E-state index in [-0.39, 0.29) is 18.2 Å². The minimum Gasteiger partial charge on any atom is -0.497 e. The number of benzene rings is 4. The summed E-state index contributed by atoms with van der Waals surface area (Å²) in [6, 6.07) is 29.7. The summed E-state index contributed by atoms with van der Waals surface area (Å²) in [6.07, 6.45) is 0.561. The summed E-state index contributed by atoms with van der Waals surface area (Å²) in [4.78, 5) is 40.4. The highest BCUT2D eigenvalue weighted by atomic mass is 32.2. The predicted molar refractivity (Wildman–Crippen MR) is 176 cm³/mol. The maximum Gasteiger partial charge on any atom is 0.248 e. The lowest BCUT2D eigenvalue weighted by atomic mass is 10.1. The second-order valence-corrected chi connectivity index (χ2v) is 11.6. The Morgan fingerprint density at radius 1 is 0.889 bits per heavy atom. The van der Waals surface area contributed by atoms with Crippen LogP contribution in [0, 0.1) is 11.8 Å². The number of carbonyl (C=O) groups is 3. The second-order valence-electron chi connectivity index (χ2n) is 10.3. The number of thioether (sulfide) groups is 1. The molecule has 0 radical (unpaired) electrons. The molecule has 9 heteroatoms. The molecule has 0 aromatic heterocycles. The first-order chi connectivity index (χ1) is 21.9. The number of ether oxygens (including phenoxy) is 2. The van der Waals surface area contributed by atoms with Gasteiger partial charge < -0.3 is 20.5 Å². The molecule has 0 spiro atoms. The number of rotatable bonds is 10. The van der Waals surface area contributed by atoms with E-state index in [1.807, 2.05) is 66.7 Å². The van der Waals surface area contributed by atoms with Crippen molar-refractivity contribution in [3.8, 4) is 23.3 Å². The summed E-state index contributed by atoms with van der Waals surface area (Å²) in [5, 5.41) is 1.90. The molecule has 3 amide bonds. The van der Waals surface area contributed by atoms with E-state index >= 15 is 0 Å². The van der Waals surface area contributed by atoms with Gasteiger partial charge in [0, 0.05) is 41.4 Å². The zero-order valence-electron chi connectivity index (χ0n) is 25.0. The topological polar surface area (TPSA) is 111 Å². The van der Waals surface area contributed by atoms with Gasteiger partial charge in [0.15, 0.2) is 0 Å². The maximum atomic E-state index is 13.8. The van der Waals surface area contributed by atoms with Crippen molar-refractivity contribution in [1.29, 1.82) is 0 Å². The van der Waals surface area contributed by atoms with Gasteiger partial charge in [0.05, 0.1) is 19.5 Å². The van der Waals surface area contributed by atoms with Crippen LogP contribution in [-0.2, 0) is 16.0 Å². The van der Waals surface area contributed by atoms with E-state index in [0.717, 1.165) is 22.3 Å². The van der Waals surface area contributed by atoms with E-state index < -0.39 is 16.5 Å². The summed E-state index contributed by atoms with van der Waals surface area (Å²) in [5.74, 6) is 6.66. The number of nitrogens with two attached hydrogens (primary N) is 1. The molecular weight excluding hydrogens is 586 g/mol. The van der Waals surface area contributed by atoms with Crippen molar-refractivity contribution in [3.05, 3.63) is 125 Å². The summed E-state index contributed by atoms with van der Waals surface area (Å²) in [7, 11) is 3.18. The molecule has 2 atom stereocenters. The lowest BCUT2D eigenvalue weighted by molar-refractivity contribution is -0.124. The largest absolute Gasteiger partial charge is 0.497 e. The predicted octanol–water partition coefficient (Wildman–Crippen LogP) is 5.10. The fraction of sp³-hybridized carbons (Fsp3) is 0.194. The molecule has 8 nitrogen and oxygen atoms in total. The zero-order valence-corrected chi connectivity index (χ0v) is 25.8. The normalized spacial score (nSPS) is 15.6. The Labute approximate surface area is 266 Å². The molecule has 4 aromatic carbocycles. The zero-order chi connectivity index (χ0) is 31.8. The highest BCUT2D eigenvalue weighted by molar-refractivity contribution is 8.01. The van der Waals surface area contributed by atoms with Crippen LogP contribution in [0.15, 0.2) is 97.1 Å². The highest BCUT2D eigenvalue weighted by Crippen LogP contribution is 2.46. The van der Waals surface area contributed by atoms with Crippen LogP contribution in [0.1, 0.15) is 44.4 Å². The van der Waals surface area contributed by atoms with Gasteiger partial charge in [-0.2, -0.15) is 0 Å². The first kappa shape index (κ1) is 31.2. The first-order valence-electron chi connectivity index (χ1n) is 14.4. The number of amides is 3. The van der Waals surface area contributed by atoms with E-state index in [1.54, 1.807) is 49.5 Å². The third kappa shape index (κ3) is 7.66. The summed E-state index contributed by atoms with van der Waals surface area (Å²) in [5.41, 5.74) is 9.93. The van der Waals surface area contributed by atoms with Gasteiger partial charge in [-0.3, -0.25) is 19.3 Å². The van der Waals surface area contributed by atoms with Crippen LogP contribution in [0.4, 0.5) is 5.69 Å². The van der Waals surface area contributed by atoms with Gasteiger partial charge in [0.25, 0.3) is 0 Å². The fourth-order valence-corrected chi connectivity index (χ4v) is 6.46. The minimum atomic E-state index is -0.625. The first-order valence-corrected chi connectivity index (χ1v) is 15.3. The second kappa shape index (κ2) is 14.5. The molecule has 0 bridgehead atoms. The van der Waals surface area contributed by atoms with Gasteiger partial charge in [0.2, 0.25) is 17.7 Å². The van der Waals surface area contributed by atoms with E-state index in [4.69, 9.17) is 15.2 Å². The third-order valence-electron chi connectivity index (χ3n) is 7.35. The molecule has 0 aliphatic carbocycles. The van der Waals surface area contributed by atoms with Crippen LogP contribution in [-0.4, -0.2) is 43.7 Å². The Hall–Kier alpha value is -5.20. The quantitative estimate of drug-likeness (QED) is 0.239. The Balaban J connectivity index is 1.31. The molecule has 1 fully saturated rings. The molecule has 0 saturated carbocycles. The number of methoxy groups -OCH3 is 2. The smallest absolute Gasteiger partial charge is 0.248 e. The maximum absolute atomic E-state index is 13.8. The van der Waals surface area contributed by atoms with Crippen molar-refractivity contribution in [2.45, 2.75) is 23.5 Å². The van der Waals surface area contributed by atoms with Crippen molar-refractivity contribution in [1.82, 2.24) is 5.32 Å². The average molecular weight is 620 g/mol. The van der Waals surface area contributed by atoms with E-state index in [0.29, 0.717) is 35.7 Å². The van der Waals surface area contributed by atoms with Gasteiger partial charge in [-0.05, 0) is 66.1 Å². The number of nitrogens with one attached hydrogen (secondary N) is 1. The molecule has 1 saturated heterocycles. The van der Waals surface area contributed by atoms with E-state index in [1.165, 1.54) is 11.8 Å². The number of anilines is 1. The number of hydrogen-bond acceptors (Lipinski definition) is 6. The highest BCUT2D eigenvalue weighted by Gasteiger charge is 2.42. The van der Waals surface area contributed by atoms with Crippen molar-refractivity contribution in [2.24, 2.45) is 5.73 Å². The summed E-state index contributed by atoms with van der Waals surface area (Å²) in [6.45, 7) is 0.381. The number of nitrogens with zero attached hydrogens (tertiary/aromatic N) is 1.